The van der Waals surface area contributed by atoms with E-state index in [9.17, 15) is 0 Å². The van der Waals surface area contributed by atoms with Crippen LogP contribution in [0.15, 0.2) is 0 Å². The molecule has 1 rings (SSSR count). The summed E-state index contributed by atoms with van der Waals surface area (Å²) in [5.41, 5.74) is 0. The highest BCUT2D eigenvalue weighted by molar-refractivity contribution is 4.84. The van der Waals surface area contributed by atoms with Gasteiger partial charge in [-0.1, -0.05) is 41.0 Å². The summed E-state index contributed by atoms with van der Waals surface area (Å²) >= 11 is 0. The first-order chi connectivity index (χ1) is 6.54. The standard InChI is InChI=1S/C14H28/c1-6-10(2)7-11(3)8-14-9-12(4)13(14)5/h10-14H,6-9H2,1-5H3. The molecule has 0 aromatic heterocycles. The van der Waals surface area contributed by atoms with Gasteiger partial charge in [0.1, 0.15) is 0 Å². The highest BCUT2D eigenvalue weighted by atomic mass is 14.4. The van der Waals surface area contributed by atoms with E-state index in [0.717, 1.165) is 29.6 Å². The van der Waals surface area contributed by atoms with E-state index in [-0.39, 0.29) is 0 Å². The van der Waals surface area contributed by atoms with Crippen molar-refractivity contribution in [3.63, 3.8) is 0 Å². The van der Waals surface area contributed by atoms with E-state index < -0.39 is 0 Å². The van der Waals surface area contributed by atoms with Crippen molar-refractivity contribution in [1.29, 1.82) is 0 Å². The zero-order valence-corrected chi connectivity index (χ0v) is 10.7. The van der Waals surface area contributed by atoms with Gasteiger partial charge in [-0.05, 0) is 48.9 Å². The number of hydrogen-bond acceptors (Lipinski definition) is 0. The van der Waals surface area contributed by atoms with Gasteiger partial charge in [0.2, 0.25) is 0 Å². The minimum Gasteiger partial charge on any atom is -0.0651 e. The van der Waals surface area contributed by atoms with Crippen molar-refractivity contribution in [3.05, 3.63) is 0 Å². The predicted octanol–water partition coefficient (Wildman–Crippen LogP) is 4.74. The molecule has 0 aromatic rings. The van der Waals surface area contributed by atoms with E-state index >= 15 is 0 Å². The van der Waals surface area contributed by atoms with Gasteiger partial charge in [-0.3, -0.25) is 0 Å². The lowest BCUT2D eigenvalue weighted by molar-refractivity contribution is 0.0773. The average Bonchev–Trinajstić information content (AvgIpc) is 2.16. The second-order valence-corrected chi connectivity index (χ2v) is 5.92. The highest BCUT2D eigenvalue weighted by Crippen LogP contribution is 2.43. The molecule has 0 radical (unpaired) electrons. The van der Waals surface area contributed by atoms with E-state index in [2.05, 4.69) is 34.6 Å². The molecule has 1 fully saturated rings. The van der Waals surface area contributed by atoms with Crippen LogP contribution in [0.5, 0.6) is 0 Å². The van der Waals surface area contributed by atoms with Gasteiger partial charge in [0, 0.05) is 0 Å². The maximum atomic E-state index is 2.45. The van der Waals surface area contributed by atoms with Crippen molar-refractivity contribution in [2.75, 3.05) is 0 Å². The van der Waals surface area contributed by atoms with E-state index in [4.69, 9.17) is 0 Å². The van der Waals surface area contributed by atoms with E-state index in [0.29, 0.717) is 0 Å². The fourth-order valence-corrected chi connectivity index (χ4v) is 2.95. The molecule has 5 unspecified atom stereocenters. The SMILES string of the molecule is CCC(C)CC(C)CC1CC(C)C1C. The van der Waals surface area contributed by atoms with Crippen molar-refractivity contribution in [2.24, 2.45) is 29.6 Å². The number of rotatable bonds is 5. The highest BCUT2D eigenvalue weighted by Gasteiger charge is 2.34. The molecular weight excluding hydrogens is 168 g/mol. The maximum absolute atomic E-state index is 2.45. The summed E-state index contributed by atoms with van der Waals surface area (Å²) in [5, 5.41) is 0. The molecule has 0 N–H and O–H groups in total. The Bertz CT molecular complexity index is 161. The molecule has 0 aliphatic heterocycles. The molecular formula is C14H28. The summed E-state index contributed by atoms with van der Waals surface area (Å²) in [4.78, 5) is 0. The molecule has 5 atom stereocenters. The third kappa shape index (κ3) is 3.00. The molecule has 0 saturated heterocycles. The summed E-state index contributed by atoms with van der Waals surface area (Å²) in [5.74, 6) is 4.91. The Labute approximate surface area is 90.5 Å². The lowest BCUT2D eigenvalue weighted by Gasteiger charge is -2.42. The van der Waals surface area contributed by atoms with Gasteiger partial charge in [-0.2, -0.15) is 0 Å². The van der Waals surface area contributed by atoms with Gasteiger partial charge < -0.3 is 0 Å². The molecule has 0 nitrogen and oxygen atoms in total. The normalized spacial score (nSPS) is 36.2. The topological polar surface area (TPSA) is 0 Å². The van der Waals surface area contributed by atoms with Crippen LogP contribution >= 0.6 is 0 Å². The fourth-order valence-electron chi connectivity index (χ4n) is 2.95. The Morgan fingerprint density at radius 1 is 1.14 bits per heavy atom. The van der Waals surface area contributed by atoms with Crippen molar-refractivity contribution in [1.82, 2.24) is 0 Å². The van der Waals surface area contributed by atoms with E-state index in [1.165, 1.54) is 25.7 Å². The minimum atomic E-state index is 0.929. The largest absolute Gasteiger partial charge is 0.0651 e. The first-order valence-electron chi connectivity index (χ1n) is 6.54. The summed E-state index contributed by atoms with van der Waals surface area (Å²) < 4.78 is 0. The maximum Gasteiger partial charge on any atom is -0.0381 e. The zero-order valence-electron chi connectivity index (χ0n) is 10.7. The zero-order chi connectivity index (χ0) is 10.7. The molecule has 1 aliphatic rings. The molecule has 0 heterocycles. The summed E-state index contributed by atoms with van der Waals surface area (Å²) in [7, 11) is 0. The average molecular weight is 196 g/mol. The van der Waals surface area contributed by atoms with Crippen LogP contribution in [0.3, 0.4) is 0 Å². The fraction of sp³-hybridized carbons (Fsp3) is 1.00. The van der Waals surface area contributed by atoms with Crippen LogP contribution in [0.1, 0.15) is 60.3 Å². The number of hydrogen-bond donors (Lipinski definition) is 0. The van der Waals surface area contributed by atoms with Crippen LogP contribution in [-0.2, 0) is 0 Å². The van der Waals surface area contributed by atoms with Crippen LogP contribution < -0.4 is 0 Å². The van der Waals surface area contributed by atoms with Gasteiger partial charge in [0.05, 0.1) is 0 Å². The summed E-state index contributed by atoms with van der Waals surface area (Å²) in [6.45, 7) is 12.0. The first kappa shape index (κ1) is 12.1. The molecule has 1 saturated carbocycles. The molecule has 0 aromatic carbocycles. The third-order valence-electron chi connectivity index (χ3n) is 4.52. The second-order valence-electron chi connectivity index (χ2n) is 5.92. The minimum absolute atomic E-state index is 0.929. The molecule has 84 valence electrons. The van der Waals surface area contributed by atoms with Crippen molar-refractivity contribution in [3.8, 4) is 0 Å². The Morgan fingerprint density at radius 2 is 1.79 bits per heavy atom. The lowest BCUT2D eigenvalue weighted by atomic mass is 9.63. The quantitative estimate of drug-likeness (QED) is 0.595. The van der Waals surface area contributed by atoms with Crippen molar-refractivity contribution >= 4 is 0 Å². The van der Waals surface area contributed by atoms with Crippen LogP contribution in [0, 0.1) is 29.6 Å². The summed E-state index contributed by atoms with van der Waals surface area (Å²) in [6.07, 6.45) is 5.76. The first-order valence-corrected chi connectivity index (χ1v) is 6.54. The van der Waals surface area contributed by atoms with Crippen LogP contribution in [-0.4, -0.2) is 0 Å². The monoisotopic (exact) mass is 196 g/mol. The Kier molecular flexibility index (Phi) is 4.47. The molecule has 0 spiro atoms. The van der Waals surface area contributed by atoms with E-state index in [1.54, 1.807) is 0 Å². The van der Waals surface area contributed by atoms with Crippen LogP contribution in [0.25, 0.3) is 0 Å². The Morgan fingerprint density at radius 3 is 2.21 bits per heavy atom. The Balaban J connectivity index is 2.18. The molecule has 0 amide bonds. The smallest absolute Gasteiger partial charge is 0.0381 e. The lowest BCUT2D eigenvalue weighted by Crippen LogP contribution is -2.33. The molecule has 14 heavy (non-hydrogen) atoms. The summed E-state index contributed by atoms with van der Waals surface area (Å²) in [6, 6.07) is 0. The Hall–Kier alpha value is 0. The molecule has 1 aliphatic carbocycles. The second kappa shape index (κ2) is 5.19. The van der Waals surface area contributed by atoms with Crippen molar-refractivity contribution < 1.29 is 0 Å². The predicted molar refractivity (Wildman–Crippen MR) is 64.3 cm³/mol. The molecule has 0 heteroatoms. The van der Waals surface area contributed by atoms with Gasteiger partial charge in [-0.25, -0.2) is 0 Å². The van der Waals surface area contributed by atoms with Gasteiger partial charge in [0.15, 0.2) is 0 Å². The van der Waals surface area contributed by atoms with Gasteiger partial charge in [0.25, 0.3) is 0 Å². The van der Waals surface area contributed by atoms with Crippen LogP contribution in [0.4, 0.5) is 0 Å². The van der Waals surface area contributed by atoms with Crippen molar-refractivity contribution in [2.45, 2.75) is 60.3 Å². The van der Waals surface area contributed by atoms with Gasteiger partial charge >= 0.3 is 0 Å². The van der Waals surface area contributed by atoms with Gasteiger partial charge in [-0.15, -0.1) is 0 Å². The molecule has 0 bridgehead atoms. The van der Waals surface area contributed by atoms with E-state index in [1.807, 2.05) is 0 Å². The third-order valence-corrected chi connectivity index (χ3v) is 4.52. The van der Waals surface area contributed by atoms with Crippen LogP contribution in [0.2, 0.25) is 0 Å².